The van der Waals surface area contributed by atoms with Crippen LogP contribution in [0.4, 0.5) is 5.69 Å². The maximum atomic E-state index is 4.63. The molecule has 0 aliphatic heterocycles. The predicted molar refractivity (Wildman–Crippen MR) is 89.4 cm³/mol. The van der Waals surface area contributed by atoms with Crippen molar-refractivity contribution < 1.29 is 0 Å². The lowest BCUT2D eigenvalue weighted by atomic mass is 9.99. The first kappa shape index (κ1) is 13.4. The fourth-order valence-corrected chi connectivity index (χ4v) is 2.34. The number of para-hydroxylation sites is 1. The highest BCUT2D eigenvalue weighted by molar-refractivity contribution is 6.01. The molecule has 1 aliphatic rings. The van der Waals surface area contributed by atoms with E-state index < -0.39 is 0 Å². The van der Waals surface area contributed by atoms with Gasteiger partial charge in [-0.05, 0) is 17.7 Å². The topological polar surface area (TPSA) is 24.4 Å². The molecule has 0 heterocycles. The number of allylic oxidation sites excluding steroid dienone is 4. The first-order chi connectivity index (χ1) is 10.4. The Morgan fingerprint density at radius 2 is 1.48 bits per heavy atom. The van der Waals surface area contributed by atoms with Crippen LogP contribution in [0, 0.1) is 5.92 Å². The van der Waals surface area contributed by atoms with Gasteiger partial charge in [-0.15, -0.1) is 0 Å². The molecule has 104 valence electrons. The molecular weight excluding hydrogens is 256 g/mol. The second-order valence-electron chi connectivity index (χ2n) is 5.04. The number of benzene rings is 2. The van der Waals surface area contributed by atoms with E-state index in [0.29, 0.717) is 5.92 Å². The van der Waals surface area contributed by atoms with E-state index in [-0.39, 0.29) is 0 Å². The Labute approximate surface area is 125 Å². The molecule has 0 atom stereocenters. The minimum Gasteiger partial charge on any atom is -0.278 e. The Bertz CT molecular complexity index is 642. The van der Waals surface area contributed by atoms with E-state index >= 15 is 0 Å². The quantitative estimate of drug-likeness (QED) is 0.623. The molecule has 0 saturated carbocycles. The van der Waals surface area contributed by atoms with Crippen LogP contribution in [0.2, 0.25) is 0 Å². The highest BCUT2D eigenvalue weighted by Gasteiger charge is 2.11. The number of hydrogen-bond acceptors (Lipinski definition) is 2. The summed E-state index contributed by atoms with van der Waals surface area (Å²) in [6, 6.07) is 20.4. The van der Waals surface area contributed by atoms with Crippen LogP contribution in [0.25, 0.3) is 0 Å². The Morgan fingerprint density at radius 1 is 0.857 bits per heavy atom. The van der Waals surface area contributed by atoms with E-state index in [2.05, 4.69) is 47.0 Å². The fourth-order valence-electron chi connectivity index (χ4n) is 2.34. The first-order valence-corrected chi connectivity index (χ1v) is 7.20. The minimum atomic E-state index is 0.432. The third-order valence-corrected chi connectivity index (χ3v) is 3.46. The molecular formula is C19H18N2. The summed E-state index contributed by atoms with van der Waals surface area (Å²) in [5, 5.41) is 4.63. The minimum absolute atomic E-state index is 0.432. The summed E-state index contributed by atoms with van der Waals surface area (Å²) >= 11 is 0. The summed E-state index contributed by atoms with van der Waals surface area (Å²) in [6.45, 7) is 0. The van der Waals surface area contributed by atoms with Crippen molar-refractivity contribution in [2.75, 3.05) is 5.43 Å². The molecule has 1 N–H and O–H groups in total. The highest BCUT2D eigenvalue weighted by Crippen LogP contribution is 2.18. The zero-order valence-electron chi connectivity index (χ0n) is 11.8. The van der Waals surface area contributed by atoms with Gasteiger partial charge in [0.15, 0.2) is 0 Å². The van der Waals surface area contributed by atoms with Crippen molar-refractivity contribution in [3.05, 3.63) is 90.5 Å². The fraction of sp³-hybridized carbons (Fsp3) is 0.105. The molecule has 0 saturated heterocycles. The average molecular weight is 274 g/mol. The van der Waals surface area contributed by atoms with Crippen molar-refractivity contribution in [2.45, 2.75) is 6.42 Å². The van der Waals surface area contributed by atoms with Crippen LogP contribution in [-0.4, -0.2) is 5.71 Å². The third-order valence-electron chi connectivity index (χ3n) is 3.46. The second-order valence-corrected chi connectivity index (χ2v) is 5.04. The van der Waals surface area contributed by atoms with Crippen molar-refractivity contribution >= 4 is 11.4 Å². The number of nitrogens with one attached hydrogen (secondary N) is 1. The summed E-state index contributed by atoms with van der Waals surface area (Å²) in [5.41, 5.74) is 6.39. The summed E-state index contributed by atoms with van der Waals surface area (Å²) < 4.78 is 0. The van der Waals surface area contributed by atoms with Crippen molar-refractivity contribution in [1.29, 1.82) is 0 Å². The average Bonchev–Trinajstić information content (AvgIpc) is 3.06. The zero-order valence-corrected chi connectivity index (χ0v) is 11.8. The predicted octanol–water partition coefficient (Wildman–Crippen LogP) is 4.64. The van der Waals surface area contributed by atoms with E-state index in [9.17, 15) is 0 Å². The van der Waals surface area contributed by atoms with Gasteiger partial charge in [-0.2, -0.15) is 5.10 Å². The molecule has 0 amide bonds. The molecule has 2 aromatic carbocycles. The van der Waals surface area contributed by atoms with E-state index in [0.717, 1.165) is 23.4 Å². The van der Waals surface area contributed by atoms with Crippen molar-refractivity contribution in [2.24, 2.45) is 11.0 Å². The Morgan fingerprint density at radius 3 is 2.14 bits per heavy atom. The van der Waals surface area contributed by atoms with Gasteiger partial charge in [0.05, 0.1) is 11.4 Å². The van der Waals surface area contributed by atoms with Gasteiger partial charge >= 0.3 is 0 Å². The Balaban J connectivity index is 1.81. The monoisotopic (exact) mass is 274 g/mol. The normalized spacial score (nSPS) is 14.6. The van der Waals surface area contributed by atoms with Crippen molar-refractivity contribution in [3.63, 3.8) is 0 Å². The van der Waals surface area contributed by atoms with Gasteiger partial charge in [-0.1, -0.05) is 72.8 Å². The molecule has 3 rings (SSSR count). The molecule has 0 spiro atoms. The Hall–Kier alpha value is -2.61. The summed E-state index contributed by atoms with van der Waals surface area (Å²) in [7, 11) is 0. The molecule has 2 heteroatoms. The number of hydrazone groups is 1. The van der Waals surface area contributed by atoms with Crippen LogP contribution in [0.1, 0.15) is 12.0 Å². The molecule has 2 aromatic rings. The van der Waals surface area contributed by atoms with Gasteiger partial charge in [0.2, 0.25) is 0 Å². The van der Waals surface area contributed by atoms with Crippen molar-refractivity contribution in [3.8, 4) is 0 Å². The van der Waals surface area contributed by atoms with Crippen LogP contribution in [0.3, 0.4) is 0 Å². The highest BCUT2D eigenvalue weighted by atomic mass is 15.3. The summed E-state index contributed by atoms with van der Waals surface area (Å²) in [6.07, 6.45) is 9.51. The summed E-state index contributed by atoms with van der Waals surface area (Å²) in [5.74, 6) is 0.432. The lowest BCUT2D eigenvalue weighted by Crippen LogP contribution is -2.08. The lowest BCUT2D eigenvalue weighted by Gasteiger charge is -2.10. The SMILES string of the molecule is C1=CC(CC(=NNc2ccccc2)c2ccccc2)C=C1. The van der Waals surface area contributed by atoms with E-state index in [4.69, 9.17) is 0 Å². The number of hydrogen-bond donors (Lipinski definition) is 1. The maximum Gasteiger partial charge on any atom is 0.0688 e. The number of anilines is 1. The summed E-state index contributed by atoms with van der Waals surface area (Å²) in [4.78, 5) is 0. The largest absolute Gasteiger partial charge is 0.278 e. The van der Waals surface area contributed by atoms with Gasteiger partial charge in [0.25, 0.3) is 0 Å². The number of nitrogens with zero attached hydrogens (tertiary/aromatic N) is 1. The van der Waals surface area contributed by atoms with E-state index in [1.54, 1.807) is 0 Å². The molecule has 2 nitrogen and oxygen atoms in total. The zero-order chi connectivity index (χ0) is 14.3. The molecule has 0 fully saturated rings. The molecule has 0 unspecified atom stereocenters. The molecule has 0 aromatic heterocycles. The van der Waals surface area contributed by atoms with E-state index in [1.165, 1.54) is 0 Å². The molecule has 0 bridgehead atoms. The molecule has 0 radical (unpaired) electrons. The first-order valence-electron chi connectivity index (χ1n) is 7.20. The molecule has 21 heavy (non-hydrogen) atoms. The van der Waals surface area contributed by atoms with Gasteiger partial charge in [0.1, 0.15) is 0 Å². The lowest BCUT2D eigenvalue weighted by molar-refractivity contribution is 0.873. The third kappa shape index (κ3) is 3.69. The van der Waals surface area contributed by atoms with Gasteiger partial charge in [-0.25, -0.2) is 0 Å². The van der Waals surface area contributed by atoms with Crippen LogP contribution in [0.5, 0.6) is 0 Å². The van der Waals surface area contributed by atoms with Gasteiger partial charge in [-0.3, -0.25) is 5.43 Å². The maximum absolute atomic E-state index is 4.63. The van der Waals surface area contributed by atoms with Gasteiger partial charge in [0, 0.05) is 12.3 Å². The van der Waals surface area contributed by atoms with E-state index in [1.807, 2.05) is 48.5 Å². The van der Waals surface area contributed by atoms with Crippen molar-refractivity contribution in [1.82, 2.24) is 0 Å². The Kier molecular flexibility index (Phi) is 4.27. The van der Waals surface area contributed by atoms with Crippen LogP contribution in [-0.2, 0) is 0 Å². The standard InChI is InChI=1S/C19H18N2/c1-3-11-17(12-4-1)19(15-16-9-7-8-10-16)21-20-18-13-5-2-6-14-18/h1-14,16,20H,15H2. The van der Waals surface area contributed by atoms with Gasteiger partial charge < -0.3 is 0 Å². The van der Waals surface area contributed by atoms with Crippen LogP contribution in [0.15, 0.2) is 90.1 Å². The molecule has 1 aliphatic carbocycles. The second kappa shape index (κ2) is 6.71. The van der Waals surface area contributed by atoms with Crippen LogP contribution < -0.4 is 5.43 Å². The smallest absolute Gasteiger partial charge is 0.0688 e. The van der Waals surface area contributed by atoms with Crippen LogP contribution >= 0.6 is 0 Å². The number of rotatable bonds is 5.